The third-order valence-electron chi connectivity index (χ3n) is 6.90. The molecule has 0 bridgehead atoms. The van der Waals surface area contributed by atoms with Gasteiger partial charge < -0.3 is 19.7 Å². The van der Waals surface area contributed by atoms with Crippen molar-refractivity contribution in [2.24, 2.45) is 0 Å². The van der Waals surface area contributed by atoms with E-state index in [1.807, 2.05) is 31.2 Å². The molecule has 214 valence electrons. The Morgan fingerprint density at radius 3 is 2.28 bits per heavy atom. The van der Waals surface area contributed by atoms with E-state index in [-0.39, 0.29) is 29.7 Å². The van der Waals surface area contributed by atoms with Crippen molar-refractivity contribution in [3.63, 3.8) is 0 Å². The Morgan fingerprint density at radius 1 is 1.03 bits per heavy atom. The monoisotopic (exact) mass is 559 g/mol. The fourth-order valence-corrected chi connectivity index (χ4v) is 6.01. The number of methoxy groups -OCH3 is 1. The van der Waals surface area contributed by atoms with E-state index >= 15 is 0 Å². The number of carbonyl (C=O) groups excluding carboxylic acids is 2. The van der Waals surface area contributed by atoms with Crippen molar-refractivity contribution < 1.29 is 27.5 Å². The Balaban J connectivity index is 1.65. The number of ether oxygens (including phenoxy) is 2. The second-order valence-corrected chi connectivity index (χ2v) is 11.6. The van der Waals surface area contributed by atoms with Crippen molar-refractivity contribution in [3.8, 4) is 5.75 Å². The molecule has 3 rings (SSSR count). The van der Waals surface area contributed by atoms with Gasteiger partial charge in [0.25, 0.3) is 0 Å². The quantitative estimate of drug-likeness (QED) is 0.336. The molecular formula is C29H41N3O6S. The maximum atomic E-state index is 13.4. The maximum absolute atomic E-state index is 13.4. The zero-order chi connectivity index (χ0) is 28.3. The molecule has 1 heterocycles. The van der Waals surface area contributed by atoms with Crippen LogP contribution in [0.25, 0.3) is 0 Å². The summed E-state index contributed by atoms with van der Waals surface area (Å²) in [6, 6.07) is 13.5. The van der Waals surface area contributed by atoms with Crippen LogP contribution in [0.2, 0.25) is 0 Å². The van der Waals surface area contributed by atoms with Crippen LogP contribution in [0.4, 0.5) is 0 Å². The smallest absolute Gasteiger partial charge is 0.243 e. The topological polar surface area (TPSA) is 105 Å². The van der Waals surface area contributed by atoms with Gasteiger partial charge in [-0.1, -0.05) is 24.3 Å². The van der Waals surface area contributed by atoms with Crippen molar-refractivity contribution in [2.45, 2.75) is 63.4 Å². The molecule has 0 unspecified atom stereocenters. The molecule has 0 aliphatic carbocycles. The van der Waals surface area contributed by atoms with Gasteiger partial charge in [0.15, 0.2) is 0 Å². The largest absolute Gasteiger partial charge is 0.497 e. The van der Waals surface area contributed by atoms with Gasteiger partial charge >= 0.3 is 0 Å². The summed E-state index contributed by atoms with van der Waals surface area (Å²) >= 11 is 0. The van der Waals surface area contributed by atoms with E-state index in [4.69, 9.17) is 9.47 Å². The average molecular weight is 560 g/mol. The molecule has 0 spiro atoms. The Morgan fingerprint density at radius 2 is 1.67 bits per heavy atom. The van der Waals surface area contributed by atoms with Gasteiger partial charge in [0, 0.05) is 45.8 Å². The second kappa shape index (κ2) is 15.0. The number of nitrogens with one attached hydrogen (secondary N) is 1. The van der Waals surface area contributed by atoms with E-state index in [2.05, 4.69) is 5.32 Å². The predicted molar refractivity (Wildman–Crippen MR) is 150 cm³/mol. The average Bonchev–Trinajstić information content (AvgIpc) is 3.51. The molecule has 10 heteroatoms. The van der Waals surface area contributed by atoms with Crippen molar-refractivity contribution >= 4 is 21.8 Å². The summed E-state index contributed by atoms with van der Waals surface area (Å²) in [5.74, 6) is 0.341. The first-order chi connectivity index (χ1) is 18.8. The summed E-state index contributed by atoms with van der Waals surface area (Å²) < 4.78 is 37.7. The fourth-order valence-electron chi connectivity index (χ4n) is 4.49. The van der Waals surface area contributed by atoms with Crippen molar-refractivity contribution in [1.29, 1.82) is 0 Å². The third kappa shape index (κ3) is 8.78. The van der Waals surface area contributed by atoms with Crippen LogP contribution in [-0.4, -0.2) is 75.4 Å². The Kier molecular flexibility index (Phi) is 11.8. The Labute approximate surface area is 232 Å². The minimum absolute atomic E-state index is 0.156. The number of sulfonamides is 1. The number of rotatable bonds is 15. The van der Waals surface area contributed by atoms with E-state index in [0.29, 0.717) is 51.4 Å². The summed E-state index contributed by atoms with van der Waals surface area (Å²) in [4.78, 5) is 28.2. The zero-order valence-corrected chi connectivity index (χ0v) is 24.0. The molecule has 1 aliphatic rings. The van der Waals surface area contributed by atoms with Gasteiger partial charge in [0.1, 0.15) is 11.8 Å². The van der Waals surface area contributed by atoms with Crippen molar-refractivity contribution in [3.05, 3.63) is 59.7 Å². The number of benzene rings is 2. The van der Waals surface area contributed by atoms with Crippen LogP contribution in [0, 0.1) is 0 Å². The molecule has 0 radical (unpaired) electrons. The van der Waals surface area contributed by atoms with Gasteiger partial charge in [0.05, 0.1) is 12.0 Å². The molecule has 1 aliphatic heterocycles. The zero-order valence-electron chi connectivity index (χ0n) is 23.2. The van der Waals surface area contributed by atoms with Crippen molar-refractivity contribution in [1.82, 2.24) is 14.5 Å². The van der Waals surface area contributed by atoms with Crippen LogP contribution in [0.5, 0.6) is 5.75 Å². The van der Waals surface area contributed by atoms with E-state index in [1.165, 1.54) is 4.31 Å². The molecule has 2 aromatic carbocycles. The third-order valence-corrected chi connectivity index (χ3v) is 8.81. The highest BCUT2D eigenvalue weighted by atomic mass is 32.2. The minimum Gasteiger partial charge on any atom is -0.497 e. The standard InChI is InChI=1S/C29H41N3O6S/c1-4-38-21-7-18-30-29(34)23(2)32(22-25-8-13-26(37-3)14-9-25)28(33)17-12-24-10-15-27(16-11-24)39(35,36)31-19-5-6-20-31/h8-11,13-16,23H,4-7,12,17-22H2,1-3H3,(H,30,34)/t23-/m1/s1. The second-order valence-electron chi connectivity index (χ2n) is 9.64. The molecular weight excluding hydrogens is 518 g/mol. The molecule has 9 nitrogen and oxygen atoms in total. The number of hydrogen-bond acceptors (Lipinski definition) is 6. The van der Waals surface area contributed by atoms with E-state index in [1.54, 1.807) is 43.2 Å². The van der Waals surface area contributed by atoms with Gasteiger partial charge in [-0.25, -0.2) is 8.42 Å². The van der Waals surface area contributed by atoms with E-state index in [9.17, 15) is 18.0 Å². The number of hydrogen-bond donors (Lipinski definition) is 1. The van der Waals surface area contributed by atoms with Gasteiger partial charge in [-0.2, -0.15) is 4.31 Å². The number of carbonyl (C=O) groups is 2. The molecule has 0 aromatic heterocycles. The van der Waals surface area contributed by atoms with Crippen LogP contribution >= 0.6 is 0 Å². The molecule has 1 atom stereocenters. The SMILES string of the molecule is CCOCCCNC(=O)[C@@H](C)N(Cc1ccc(OC)cc1)C(=O)CCc1ccc(S(=O)(=O)N2CCCC2)cc1. The Bertz CT molecular complexity index is 1160. The lowest BCUT2D eigenvalue weighted by Gasteiger charge is -2.29. The fraction of sp³-hybridized carbons (Fsp3) is 0.517. The maximum Gasteiger partial charge on any atom is 0.243 e. The lowest BCUT2D eigenvalue weighted by molar-refractivity contribution is -0.140. The van der Waals surface area contributed by atoms with Gasteiger partial charge in [0.2, 0.25) is 21.8 Å². The number of aryl methyl sites for hydroxylation is 1. The molecule has 0 saturated carbocycles. The number of amides is 2. The van der Waals surface area contributed by atoms with Crippen LogP contribution in [0.1, 0.15) is 50.7 Å². The van der Waals surface area contributed by atoms with Crippen LogP contribution < -0.4 is 10.1 Å². The molecule has 1 saturated heterocycles. The molecule has 2 amide bonds. The van der Waals surface area contributed by atoms with Crippen LogP contribution in [0.15, 0.2) is 53.4 Å². The Hall–Kier alpha value is -2.95. The summed E-state index contributed by atoms with van der Waals surface area (Å²) in [6.07, 6.45) is 3.09. The molecule has 1 N–H and O–H groups in total. The van der Waals surface area contributed by atoms with E-state index in [0.717, 1.165) is 24.0 Å². The normalized spacial score (nSPS) is 14.6. The molecule has 1 fully saturated rings. The van der Waals surface area contributed by atoms with E-state index < -0.39 is 16.1 Å². The van der Waals surface area contributed by atoms with Crippen molar-refractivity contribution in [2.75, 3.05) is 40.0 Å². The molecule has 2 aromatic rings. The summed E-state index contributed by atoms with van der Waals surface area (Å²) in [5.41, 5.74) is 1.75. The first-order valence-electron chi connectivity index (χ1n) is 13.6. The predicted octanol–water partition coefficient (Wildman–Crippen LogP) is 3.37. The lowest BCUT2D eigenvalue weighted by atomic mass is 10.1. The highest BCUT2D eigenvalue weighted by Crippen LogP contribution is 2.22. The summed E-state index contributed by atoms with van der Waals surface area (Å²) in [7, 11) is -1.88. The summed E-state index contributed by atoms with van der Waals surface area (Å²) in [5, 5.41) is 2.90. The first kappa shape index (κ1) is 30.6. The van der Waals surface area contributed by atoms with Crippen LogP contribution in [0.3, 0.4) is 0 Å². The van der Waals surface area contributed by atoms with Gasteiger partial charge in [-0.05, 0) is 74.9 Å². The van der Waals surface area contributed by atoms with Gasteiger partial charge in [-0.15, -0.1) is 0 Å². The number of nitrogens with zero attached hydrogens (tertiary/aromatic N) is 2. The first-order valence-corrected chi connectivity index (χ1v) is 15.1. The highest BCUT2D eigenvalue weighted by Gasteiger charge is 2.28. The summed E-state index contributed by atoms with van der Waals surface area (Å²) in [6.45, 7) is 6.72. The lowest BCUT2D eigenvalue weighted by Crippen LogP contribution is -2.48. The minimum atomic E-state index is -3.48. The highest BCUT2D eigenvalue weighted by molar-refractivity contribution is 7.89. The van der Waals surface area contributed by atoms with Crippen LogP contribution in [-0.2, 0) is 37.3 Å². The van der Waals surface area contributed by atoms with Gasteiger partial charge in [-0.3, -0.25) is 9.59 Å². The molecule has 39 heavy (non-hydrogen) atoms.